The summed E-state index contributed by atoms with van der Waals surface area (Å²) in [5, 5.41) is 13.8. The smallest absolute Gasteiger partial charge is 0.165 e. The summed E-state index contributed by atoms with van der Waals surface area (Å²) >= 11 is 6.04. The van der Waals surface area contributed by atoms with Crippen molar-refractivity contribution in [2.24, 2.45) is 0 Å². The Balaban J connectivity index is 2.28. The number of hydrogen-bond acceptors (Lipinski definition) is 3. The molecule has 17 heavy (non-hydrogen) atoms. The molecule has 0 radical (unpaired) electrons. The van der Waals surface area contributed by atoms with Crippen LogP contribution in [0.2, 0.25) is 5.02 Å². The van der Waals surface area contributed by atoms with Crippen molar-refractivity contribution in [3.8, 4) is 11.5 Å². The van der Waals surface area contributed by atoms with Crippen LogP contribution in [0.15, 0.2) is 30.6 Å². The fourth-order valence-electron chi connectivity index (χ4n) is 1.48. The summed E-state index contributed by atoms with van der Waals surface area (Å²) in [4.78, 5) is 0. The summed E-state index contributed by atoms with van der Waals surface area (Å²) < 4.78 is 7.39. The highest BCUT2D eigenvalue weighted by Gasteiger charge is 2.09. The predicted octanol–water partition coefficient (Wildman–Crippen LogP) is 2.84. The minimum atomic E-state index is -0.113. The lowest BCUT2D eigenvalue weighted by atomic mass is 10.2. The number of para-hydroxylation sites is 1. The molecule has 0 amide bonds. The van der Waals surface area contributed by atoms with Crippen LogP contribution in [-0.4, -0.2) is 14.9 Å². The van der Waals surface area contributed by atoms with Crippen molar-refractivity contribution in [3.63, 3.8) is 0 Å². The van der Waals surface area contributed by atoms with Crippen LogP contribution in [0.25, 0.3) is 0 Å². The third-order valence-corrected chi connectivity index (χ3v) is 2.67. The fraction of sp³-hybridized carbons (Fsp3) is 0.250. The molecule has 0 aliphatic carbocycles. The molecule has 1 aromatic carbocycles. The highest BCUT2D eigenvalue weighted by atomic mass is 35.5. The van der Waals surface area contributed by atoms with Gasteiger partial charge in [0.25, 0.3) is 0 Å². The number of aromatic nitrogens is 2. The molecular formula is C12H13ClN2O2. The minimum absolute atomic E-state index is 0.113. The standard InChI is InChI=1S/C12H13ClN2O2/c1-2-15-7-10(6-14-15)17-12-9(8-16)4-3-5-11(12)13/h3-7,16H,2,8H2,1H3. The predicted molar refractivity (Wildman–Crippen MR) is 65.3 cm³/mol. The normalized spacial score (nSPS) is 10.5. The van der Waals surface area contributed by atoms with Crippen molar-refractivity contribution >= 4 is 11.6 Å². The number of benzene rings is 1. The maximum atomic E-state index is 9.21. The molecule has 0 bridgehead atoms. The fourth-order valence-corrected chi connectivity index (χ4v) is 1.71. The third-order valence-electron chi connectivity index (χ3n) is 2.37. The number of aryl methyl sites for hydroxylation is 1. The lowest BCUT2D eigenvalue weighted by molar-refractivity contribution is 0.276. The Kier molecular flexibility index (Phi) is 3.66. The average Bonchev–Trinajstić information content (AvgIpc) is 2.79. The second kappa shape index (κ2) is 5.21. The zero-order valence-corrected chi connectivity index (χ0v) is 10.2. The van der Waals surface area contributed by atoms with Gasteiger partial charge in [-0.3, -0.25) is 4.68 Å². The van der Waals surface area contributed by atoms with Crippen molar-refractivity contribution in [3.05, 3.63) is 41.2 Å². The largest absolute Gasteiger partial charge is 0.452 e. The Morgan fingerprint density at radius 3 is 2.94 bits per heavy atom. The van der Waals surface area contributed by atoms with Gasteiger partial charge in [0.05, 0.1) is 24.0 Å². The van der Waals surface area contributed by atoms with Gasteiger partial charge in [-0.25, -0.2) is 0 Å². The second-order valence-electron chi connectivity index (χ2n) is 3.52. The summed E-state index contributed by atoms with van der Waals surface area (Å²) in [6, 6.07) is 5.27. The van der Waals surface area contributed by atoms with Crippen molar-refractivity contribution in [2.75, 3.05) is 0 Å². The molecule has 0 spiro atoms. The molecule has 0 atom stereocenters. The van der Waals surface area contributed by atoms with Gasteiger partial charge in [0.1, 0.15) is 0 Å². The third kappa shape index (κ3) is 2.60. The van der Waals surface area contributed by atoms with Crippen LogP contribution in [0.4, 0.5) is 0 Å². The van der Waals surface area contributed by atoms with E-state index in [4.69, 9.17) is 16.3 Å². The van der Waals surface area contributed by atoms with Gasteiger partial charge in [-0.05, 0) is 13.0 Å². The van der Waals surface area contributed by atoms with E-state index in [0.29, 0.717) is 22.1 Å². The molecule has 5 heteroatoms. The van der Waals surface area contributed by atoms with Crippen molar-refractivity contribution in [2.45, 2.75) is 20.1 Å². The Morgan fingerprint density at radius 2 is 2.29 bits per heavy atom. The SMILES string of the molecule is CCn1cc(Oc2c(Cl)cccc2CO)cn1. The van der Waals surface area contributed by atoms with Crippen LogP contribution >= 0.6 is 11.6 Å². The van der Waals surface area contributed by atoms with E-state index in [1.54, 1.807) is 35.3 Å². The van der Waals surface area contributed by atoms with Gasteiger partial charge in [0.15, 0.2) is 11.5 Å². The van der Waals surface area contributed by atoms with E-state index >= 15 is 0 Å². The van der Waals surface area contributed by atoms with Crippen molar-refractivity contribution < 1.29 is 9.84 Å². The van der Waals surface area contributed by atoms with Crippen LogP contribution in [-0.2, 0) is 13.2 Å². The van der Waals surface area contributed by atoms with Gasteiger partial charge in [-0.15, -0.1) is 0 Å². The van der Waals surface area contributed by atoms with Gasteiger partial charge < -0.3 is 9.84 Å². The maximum absolute atomic E-state index is 9.21. The monoisotopic (exact) mass is 252 g/mol. The molecule has 0 fully saturated rings. The summed E-state index contributed by atoms with van der Waals surface area (Å²) in [5.41, 5.74) is 0.654. The van der Waals surface area contributed by atoms with E-state index in [1.807, 2.05) is 6.92 Å². The quantitative estimate of drug-likeness (QED) is 0.910. The van der Waals surface area contributed by atoms with Gasteiger partial charge in [0.2, 0.25) is 0 Å². The summed E-state index contributed by atoms with van der Waals surface area (Å²) in [6.07, 6.45) is 3.40. The van der Waals surface area contributed by atoms with E-state index < -0.39 is 0 Å². The van der Waals surface area contributed by atoms with E-state index in [-0.39, 0.29) is 6.61 Å². The molecule has 0 saturated carbocycles. The number of nitrogens with zero attached hydrogens (tertiary/aromatic N) is 2. The molecule has 4 nitrogen and oxygen atoms in total. The lowest BCUT2D eigenvalue weighted by Crippen LogP contribution is -1.93. The van der Waals surface area contributed by atoms with E-state index in [1.165, 1.54) is 0 Å². The molecule has 1 heterocycles. The van der Waals surface area contributed by atoms with Crippen LogP contribution in [0.1, 0.15) is 12.5 Å². The van der Waals surface area contributed by atoms with Gasteiger partial charge in [-0.1, -0.05) is 23.7 Å². The van der Waals surface area contributed by atoms with E-state index in [0.717, 1.165) is 6.54 Å². The summed E-state index contributed by atoms with van der Waals surface area (Å²) in [7, 11) is 0. The van der Waals surface area contributed by atoms with Crippen LogP contribution in [0.3, 0.4) is 0 Å². The zero-order chi connectivity index (χ0) is 12.3. The summed E-state index contributed by atoms with van der Waals surface area (Å²) in [6.45, 7) is 2.65. The minimum Gasteiger partial charge on any atom is -0.452 e. The van der Waals surface area contributed by atoms with Crippen molar-refractivity contribution in [1.82, 2.24) is 9.78 Å². The van der Waals surface area contributed by atoms with Crippen LogP contribution < -0.4 is 4.74 Å². The molecule has 2 aromatic rings. The second-order valence-corrected chi connectivity index (χ2v) is 3.93. The average molecular weight is 253 g/mol. The topological polar surface area (TPSA) is 47.3 Å². The van der Waals surface area contributed by atoms with Gasteiger partial charge >= 0.3 is 0 Å². The molecular weight excluding hydrogens is 240 g/mol. The van der Waals surface area contributed by atoms with E-state index in [9.17, 15) is 5.11 Å². The lowest BCUT2D eigenvalue weighted by Gasteiger charge is -2.09. The molecule has 0 unspecified atom stereocenters. The first-order valence-electron chi connectivity index (χ1n) is 5.33. The molecule has 0 saturated heterocycles. The Morgan fingerprint density at radius 1 is 1.47 bits per heavy atom. The Hall–Kier alpha value is -1.52. The molecule has 90 valence electrons. The van der Waals surface area contributed by atoms with Crippen molar-refractivity contribution in [1.29, 1.82) is 0 Å². The highest BCUT2D eigenvalue weighted by Crippen LogP contribution is 2.32. The van der Waals surface area contributed by atoms with Crippen LogP contribution in [0, 0.1) is 0 Å². The number of aliphatic hydroxyl groups is 1. The Bertz CT molecular complexity index is 511. The first-order chi connectivity index (χ1) is 8.24. The first kappa shape index (κ1) is 12.0. The number of aliphatic hydroxyl groups excluding tert-OH is 1. The molecule has 0 aliphatic heterocycles. The number of ether oxygens (including phenoxy) is 1. The molecule has 0 aliphatic rings. The molecule has 2 rings (SSSR count). The van der Waals surface area contributed by atoms with Gasteiger partial charge in [-0.2, -0.15) is 5.10 Å². The first-order valence-corrected chi connectivity index (χ1v) is 5.71. The zero-order valence-electron chi connectivity index (χ0n) is 9.43. The van der Waals surface area contributed by atoms with Gasteiger partial charge in [0, 0.05) is 12.1 Å². The van der Waals surface area contributed by atoms with E-state index in [2.05, 4.69) is 5.10 Å². The number of hydrogen-bond donors (Lipinski definition) is 1. The highest BCUT2D eigenvalue weighted by molar-refractivity contribution is 6.32. The molecule has 1 N–H and O–H groups in total. The Labute approximate surface area is 104 Å². The molecule has 1 aromatic heterocycles. The summed E-state index contributed by atoms with van der Waals surface area (Å²) in [5.74, 6) is 1.09. The van der Waals surface area contributed by atoms with Crippen LogP contribution in [0.5, 0.6) is 11.5 Å². The maximum Gasteiger partial charge on any atom is 0.165 e. The number of halogens is 1. The number of rotatable bonds is 4.